The Bertz CT molecular complexity index is 896. The first kappa shape index (κ1) is 18.5. The van der Waals surface area contributed by atoms with Crippen LogP contribution in [0.15, 0.2) is 42.6 Å². The van der Waals surface area contributed by atoms with Crippen LogP contribution in [-0.4, -0.2) is 40.0 Å². The molecule has 146 valence electrons. The lowest BCUT2D eigenvalue weighted by Crippen LogP contribution is -2.37. The summed E-state index contributed by atoms with van der Waals surface area (Å²) < 4.78 is 5.75. The van der Waals surface area contributed by atoms with Crippen LogP contribution in [0.2, 0.25) is 0 Å². The monoisotopic (exact) mass is 380 g/mol. The normalized spacial score (nSPS) is 23.5. The molecule has 1 aliphatic heterocycles. The first-order valence-corrected chi connectivity index (χ1v) is 9.65. The topological polar surface area (TPSA) is 79.7 Å². The van der Waals surface area contributed by atoms with Crippen LogP contribution >= 0.6 is 0 Å². The molecule has 2 atom stereocenters. The number of hydrogen-bond donors (Lipinski definition) is 1. The number of aliphatic carboxylic acids is 1. The van der Waals surface area contributed by atoms with Gasteiger partial charge in [0.25, 0.3) is 5.91 Å². The summed E-state index contributed by atoms with van der Waals surface area (Å²) in [6, 6.07) is 11.1. The average molecular weight is 380 g/mol. The number of hydrogen-bond acceptors (Lipinski definition) is 4. The molecule has 6 heteroatoms. The maximum absolute atomic E-state index is 13.0. The van der Waals surface area contributed by atoms with E-state index in [0.717, 1.165) is 24.1 Å². The Labute approximate surface area is 164 Å². The number of fused-ring (bicyclic) bond motifs is 1. The number of pyridine rings is 1. The molecule has 2 aliphatic rings. The Balaban J connectivity index is 1.45. The molecule has 1 saturated carbocycles. The highest BCUT2D eigenvalue weighted by Gasteiger charge is 2.55. The number of rotatable bonds is 5. The third-order valence-electron chi connectivity index (χ3n) is 6.05. The molecule has 1 amide bonds. The summed E-state index contributed by atoms with van der Waals surface area (Å²) >= 11 is 0. The van der Waals surface area contributed by atoms with Crippen LogP contribution in [0, 0.1) is 18.3 Å². The van der Waals surface area contributed by atoms with Crippen LogP contribution < -0.4 is 4.74 Å². The average Bonchev–Trinajstić information content (AvgIpc) is 3.26. The quantitative estimate of drug-likeness (QED) is 0.861. The van der Waals surface area contributed by atoms with Gasteiger partial charge >= 0.3 is 5.97 Å². The molecular weight excluding hydrogens is 356 g/mol. The number of aryl methyl sites for hydroxylation is 1. The van der Waals surface area contributed by atoms with Gasteiger partial charge in [-0.3, -0.25) is 14.6 Å². The minimum Gasteiger partial charge on any atom is -0.487 e. The number of carboxylic acids is 1. The van der Waals surface area contributed by atoms with E-state index in [2.05, 4.69) is 4.98 Å². The summed E-state index contributed by atoms with van der Waals surface area (Å²) in [7, 11) is 0. The van der Waals surface area contributed by atoms with Crippen molar-refractivity contribution in [1.29, 1.82) is 0 Å². The standard InChI is InChI=1S/C22H24N2O4/c1-15-7-8-19(11-23-15)28-13-16-4-2-5-17(10-16)20(25)24-12-18-6-3-9-22(18,14-24)21(26)27/h2,4-5,7-8,10-11,18H,3,6,9,12-14H2,1H3,(H,26,27)/t18-,22+/m0/s1. The number of aromatic nitrogens is 1. The van der Waals surface area contributed by atoms with Crippen LogP contribution in [-0.2, 0) is 11.4 Å². The highest BCUT2D eigenvalue weighted by atomic mass is 16.5. The zero-order valence-electron chi connectivity index (χ0n) is 15.9. The number of benzene rings is 1. The third-order valence-corrected chi connectivity index (χ3v) is 6.05. The van der Waals surface area contributed by atoms with Crippen LogP contribution in [0.1, 0.15) is 40.9 Å². The Morgan fingerprint density at radius 1 is 1.32 bits per heavy atom. The van der Waals surface area contributed by atoms with E-state index < -0.39 is 11.4 Å². The molecular formula is C22H24N2O4. The lowest BCUT2D eigenvalue weighted by atomic mass is 9.81. The van der Waals surface area contributed by atoms with Crippen LogP contribution in [0.3, 0.4) is 0 Å². The molecule has 0 spiro atoms. The van der Waals surface area contributed by atoms with Gasteiger partial charge in [0.05, 0.1) is 11.6 Å². The number of carbonyl (C=O) groups excluding carboxylic acids is 1. The van der Waals surface area contributed by atoms with Crippen molar-refractivity contribution in [3.05, 3.63) is 59.4 Å². The first-order valence-electron chi connectivity index (χ1n) is 9.65. The highest BCUT2D eigenvalue weighted by molar-refractivity contribution is 5.95. The van der Waals surface area contributed by atoms with E-state index >= 15 is 0 Å². The van der Waals surface area contributed by atoms with E-state index in [4.69, 9.17) is 4.74 Å². The molecule has 2 fully saturated rings. The third kappa shape index (κ3) is 3.35. The Morgan fingerprint density at radius 3 is 2.89 bits per heavy atom. The number of carbonyl (C=O) groups is 2. The smallest absolute Gasteiger partial charge is 0.311 e. The second kappa shape index (κ2) is 7.26. The first-order chi connectivity index (χ1) is 13.5. The molecule has 1 N–H and O–H groups in total. The summed E-state index contributed by atoms with van der Waals surface area (Å²) in [6.45, 7) is 3.09. The van der Waals surface area contributed by atoms with Gasteiger partial charge in [0.2, 0.25) is 0 Å². The lowest BCUT2D eigenvalue weighted by molar-refractivity contribution is -0.149. The number of likely N-dealkylation sites (tertiary alicyclic amines) is 1. The maximum atomic E-state index is 13.0. The van der Waals surface area contributed by atoms with E-state index in [0.29, 0.717) is 37.4 Å². The second-order valence-corrected chi connectivity index (χ2v) is 7.86. The number of carboxylic acid groups (broad SMARTS) is 1. The predicted octanol–water partition coefficient (Wildman–Crippen LogP) is 3.30. The lowest BCUT2D eigenvalue weighted by Gasteiger charge is -2.23. The van der Waals surface area contributed by atoms with Gasteiger partial charge < -0.3 is 14.7 Å². The Morgan fingerprint density at radius 2 is 2.18 bits per heavy atom. The molecule has 0 unspecified atom stereocenters. The SMILES string of the molecule is Cc1ccc(OCc2cccc(C(=O)N3C[C@@H]4CCC[C@@]4(C(=O)O)C3)c2)cn1. The number of nitrogens with zero attached hydrogens (tertiary/aromatic N) is 2. The second-order valence-electron chi connectivity index (χ2n) is 7.86. The molecule has 2 aromatic rings. The van der Waals surface area contributed by atoms with E-state index in [9.17, 15) is 14.7 Å². The van der Waals surface area contributed by atoms with Gasteiger partial charge in [-0.05, 0) is 55.5 Å². The fourth-order valence-corrected chi connectivity index (χ4v) is 4.48. The summed E-state index contributed by atoms with van der Waals surface area (Å²) in [5.74, 6) is -0.124. The van der Waals surface area contributed by atoms with Crippen LogP contribution in [0.5, 0.6) is 5.75 Å². The van der Waals surface area contributed by atoms with Crippen molar-refractivity contribution in [3.8, 4) is 5.75 Å². The van der Waals surface area contributed by atoms with E-state index in [1.807, 2.05) is 37.3 Å². The zero-order chi connectivity index (χ0) is 19.7. The summed E-state index contributed by atoms with van der Waals surface area (Å²) in [6.07, 6.45) is 4.15. The van der Waals surface area contributed by atoms with Gasteiger partial charge in [0.15, 0.2) is 0 Å². The van der Waals surface area contributed by atoms with Crippen molar-refractivity contribution >= 4 is 11.9 Å². The zero-order valence-corrected chi connectivity index (χ0v) is 15.9. The van der Waals surface area contributed by atoms with Gasteiger partial charge in [0, 0.05) is 24.3 Å². The van der Waals surface area contributed by atoms with Crippen molar-refractivity contribution < 1.29 is 19.4 Å². The van der Waals surface area contributed by atoms with Gasteiger partial charge in [-0.25, -0.2) is 0 Å². The van der Waals surface area contributed by atoms with Crippen molar-refractivity contribution in [2.75, 3.05) is 13.1 Å². The van der Waals surface area contributed by atoms with Crippen molar-refractivity contribution in [2.24, 2.45) is 11.3 Å². The van der Waals surface area contributed by atoms with E-state index in [1.54, 1.807) is 17.2 Å². The molecule has 0 radical (unpaired) electrons. The Kier molecular flexibility index (Phi) is 4.79. The van der Waals surface area contributed by atoms with Gasteiger partial charge in [-0.2, -0.15) is 0 Å². The summed E-state index contributed by atoms with van der Waals surface area (Å²) in [5.41, 5.74) is 1.63. The molecule has 28 heavy (non-hydrogen) atoms. The highest BCUT2D eigenvalue weighted by Crippen LogP contribution is 2.49. The minimum atomic E-state index is -0.765. The largest absolute Gasteiger partial charge is 0.487 e. The molecule has 1 aromatic heterocycles. The van der Waals surface area contributed by atoms with Crippen molar-refractivity contribution in [2.45, 2.75) is 32.8 Å². The van der Waals surface area contributed by atoms with Crippen molar-refractivity contribution in [3.63, 3.8) is 0 Å². The summed E-state index contributed by atoms with van der Waals surface area (Å²) in [4.78, 5) is 30.7. The molecule has 1 saturated heterocycles. The Hall–Kier alpha value is -2.89. The summed E-state index contributed by atoms with van der Waals surface area (Å²) in [5, 5.41) is 9.72. The van der Waals surface area contributed by atoms with E-state index in [1.165, 1.54) is 0 Å². The predicted molar refractivity (Wildman–Crippen MR) is 103 cm³/mol. The van der Waals surface area contributed by atoms with Gasteiger partial charge in [0.1, 0.15) is 12.4 Å². The molecule has 1 aliphatic carbocycles. The molecule has 1 aromatic carbocycles. The van der Waals surface area contributed by atoms with Crippen LogP contribution in [0.4, 0.5) is 0 Å². The minimum absolute atomic E-state index is 0.0644. The van der Waals surface area contributed by atoms with Gasteiger partial charge in [-0.1, -0.05) is 18.6 Å². The molecule has 6 nitrogen and oxygen atoms in total. The molecule has 0 bridgehead atoms. The van der Waals surface area contributed by atoms with Gasteiger partial charge in [-0.15, -0.1) is 0 Å². The van der Waals surface area contributed by atoms with Crippen LogP contribution in [0.25, 0.3) is 0 Å². The molecule has 2 heterocycles. The molecule has 4 rings (SSSR count). The number of ether oxygens (including phenoxy) is 1. The van der Waals surface area contributed by atoms with Crippen molar-refractivity contribution in [1.82, 2.24) is 9.88 Å². The fraction of sp³-hybridized carbons (Fsp3) is 0.409. The number of amides is 1. The fourth-order valence-electron chi connectivity index (χ4n) is 4.48. The van der Waals surface area contributed by atoms with E-state index in [-0.39, 0.29) is 11.8 Å². The maximum Gasteiger partial charge on any atom is 0.311 e.